The molecule has 1 N–H and O–H groups in total. The fourth-order valence-corrected chi connectivity index (χ4v) is 3.83. The van der Waals surface area contributed by atoms with Crippen LogP contribution in [0.15, 0.2) is 42.7 Å². The van der Waals surface area contributed by atoms with E-state index in [1.807, 2.05) is 25.1 Å². The van der Waals surface area contributed by atoms with Crippen LogP contribution in [0, 0.1) is 0 Å². The second-order valence-electron chi connectivity index (χ2n) is 6.00. The van der Waals surface area contributed by atoms with Crippen LogP contribution in [0.4, 0.5) is 5.82 Å². The summed E-state index contributed by atoms with van der Waals surface area (Å²) in [5, 5.41) is 3.24. The third kappa shape index (κ3) is 4.33. The number of nitrogens with one attached hydrogen (secondary N) is 1. The lowest BCUT2D eigenvalue weighted by atomic mass is 10.2. The van der Waals surface area contributed by atoms with Crippen LogP contribution >= 0.6 is 0 Å². The van der Waals surface area contributed by atoms with Crippen molar-refractivity contribution in [3.63, 3.8) is 0 Å². The first-order valence-electron chi connectivity index (χ1n) is 8.08. The van der Waals surface area contributed by atoms with Crippen molar-refractivity contribution in [3.05, 3.63) is 54.0 Å². The predicted octanol–water partition coefficient (Wildman–Crippen LogP) is 1.52. The first-order valence-corrected chi connectivity index (χ1v) is 9.90. The molecule has 3 heterocycles. The molecule has 2 aromatic heterocycles. The second kappa shape index (κ2) is 7.18. The Morgan fingerprint density at radius 2 is 1.92 bits per heavy atom. The monoisotopic (exact) mass is 360 g/mol. The van der Waals surface area contributed by atoms with Crippen molar-refractivity contribution in [2.45, 2.75) is 13.0 Å². The maximum absolute atomic E-state index is 12.4. The lowest BCUT2D eigenvalue weighted by Crippen LogP contribution is -2.43. The largest absolute Gasteiger partial charge is 0.362 e. The minimum atomic E-state index is -3.00. The van der Waals surface area contributed by atoms with Crippen LogP contribution in [-0.2, 0) is 9.84 Å². The molecule has 1 fully saturated rings. The average Bonchev–Trinajstić information content (AvgIpc) is 2.62. The first-order chi connectivity index (χ1) is 11.9. The molecule has 25 heavy (non-hydrogen) atoms. The van der Waals surface area contributed by atoms with Gasteiger partial charge in [-0.2, -0.15) is 0 Å². The van der Waals surface area contributed by atoms with Crippen molar-refractivity contribution < 1.29 is 13.2 Å². The molecule has 7 nitrogen and oxygen atoms in total. The van der Waals surface area contributed by atoms with Gasteiger partial charge in [-0.05, 0) is 31.2 Å². The number of nitrogens with zero attached hydrogens (tertiary/aromatic N) is 3. The number of amides is 1. The Kier molecular flexibility index (Phi) is 4.98. The van der Waals surface area contributed by atoms with Gasteiger partial charge in [-0.3, -0.25) is 9.78 Å². The van der Waals surface area contributed by atoms with E-state index in [1.54, 1.807) is 23.2 Å². The van der Waals surface area contributed by atoms with Crippen LogP contribution in [0.3, 0.4) is 0 Å². The number of pyridine rings is 2. The Morgan fingerprint density at radius 1 is 1.16 bits per heavy atom. The molecule has 1 saturated heterocycles. The molecule has 132 valence electrons. The zero-order chi connectivity index (χ0) is 17.9. The summed E-state index contributed by atoms with van der Waals surface area (Å²) in [5.74, 6) is 0.503. The average molecular weight is 360 g/mol. The number of hydrogen-bond acceptors (Lipinski definition) is 6. The maximum Gasteiger partial charge on any atom is 0.255 e. The van der Waals surface area contributed by atoms with Crippen LogP contribution in [0.1, 0.15) is 29.0 Å². The standard InChI is InChI=1S/C17H20N4O3S/c1-13(15-4-2-3-7-18-15)20-16-6-5-14(12-19-16)17(22)21-8-10-25(23,24)11-9-21/h2-7,12-13H,8-11H2,1H3,(H,19,20). The zero-order valence-corrected chi connectivity index (χ0v) is 14.7. The van der Waals surface area contributed by atoms with E-state index < -0.39 is 9.84 Å². The highest BCUT2D eigenvalue weighted by Gasteiger charge is 2.25. The normalized spacial score (nSPS) is 17.7. The molecule has 3 rings (SSSR count). The summed E-state index contributed by atoms with van der Waals surface area (Å²) in [6.07, 6.45) is 3.25. The Balaban J connectivity index is 1.63. The predicted molar refractivity (Wildman–Crippen MR) is 95.1 cm³/mol. The number of hydrogen-bond donors (Lipinski definition) is 1. The van der Waals surface area contributed by atoms with Gasteiger partial charge in [0.25, 0.3) is 5.91 Å². The van der Waals surface area contributed by atoms with Crippen LogP contribution in [0.25, 0.3) is 0 Å². The fraction of sp³-hybridized carbons (Fsp3) is 0.353. The maximum atomic E-state index is 12.4. The van der Waals surface area contributed by atoms with Crippen LogP contribution in [-0.4, -0.2) is 53.8 Å². The van der Waals surface area contributed by atoms with Gasteiger partial charge in [0.15, 0.2) is 9.84 Å². The highest BCUT2D eigenvalue weighted by molar-refractivity contribution is 7.91. The van der Waals surface area contributed by atoms with Gasteiger partial charge in [-0.15, -0.1) is 0 Å². The number of anilines is 1. The number of carbonyl (C=O) groups excluding carboxylic acids is 1. The summed E-state index contributed by atoms with van der Waals surface area (Å²) in [7, 11) is -3.00. The van der Waals surface area contributed by atoms with E-state index in [-0.39, 0.29) is 36.5 Å². The van der Waals surface area contributed by atoms with Crippen molar-refractivity contribution in [1.29, 1.82) is 0 Å². The zero-order valence-electron chi connectivity index (χ0n) is 13.9. The minimum Gasteiger partial charge on any atom is -0.362 e. The molecule has 1 unspecified atom stereocenters. The number of sulfone groups is 1. The summed E-state index contributed by atoms with van der Waals surface area (Å²) in [6, 6.07) is 9.15. The third-order valence-corrected chi connectivity index (χ3v) is 5.75. The highest BCUT2D eigenvalue weighted by atomic mass is 32.2. The summed E-state index contributed by atoms with van der Waals surface area (Å²) in [4.78, 5) is 22.6. The number of rotatable bonds is 4. The summed E-state index contributed by atoms with van der Waals surface area (Å²) in [5.41, 5.74) is 1.36. The van der Waals surface area contributed by atoms with E-state index in [9.17, 15) is 13.2 Å². The molecular formula is C17H20N4O3S. The molecule has 0 aliphatic carbocycles. The summed E-state index contributed by atoms with van der Waals surface area (Å²) < 4.78 is 22.9. The molecule has 8 heteroatoms. The van der Waals surface area contributed by atoms with Crippen LogP contribution in [0.5, 0.6) is 0 Å². The Morgan fingerprint density at radius 3 is 2.52 bits per heavy atom. The molecule has 1 aliphatic rings. The smallest absolute Gasteiger partial charge is 0.255 e. The Labute approximate surface area is 147 Å². The first kappa shape index (κ1) is 17.3. The van der Waals surface area contributed by atoms with E-state index in [1.165, 1.54) is 6.20 Å². The van der Waals surface area contributed by atoms with Gasteiger partial charge < -0.3 is 10.2 Å². The van der Waals surface area contributed by atoms with E-state index in [0.717, 1.165) is 5.69 Å². The molecular weight excluding hydrogens is 340 g/mol. The van der Waals surface area contributed by atoms with E-state index >= 15 is 0 Å². The SMILES string of the molecule is CC(Nc1ccc(C(=O)N2CCS(=O)(=O)CC2)cn1)c1ccccn1. The molecule has 0 bridgehead atoms. The topological polar surface area (TPSA) is 92.3 Å². The van der Waals surface area contributed by atoms with Gasteiger partial charge >= 0.3 is 0 Å². The molecule has 0 spiro atoms. The van der Waals surface area contributed by atoms with Gasteiger partial charge in [0, 0.05) is 25.5 Å². The molecule has 1 aliphatic heterocycles. The van der Waals surface area contributed by atoms with Crippen molar-refractivity contribution in [1.82, 2.24) is 14.9 Å². The Bertz CT molecular complexity index is 824. The third-order valence-electron chi connectivity index (χ3n) is 4.14. The number of carbonyl (C=O) groups is 1. The molecule has 0 radical (unpaired) electrons. The van der Waals surface area contributed by atoms with E-state index in [0.29, 0.717) is 11.4 Å². The van der Waals surface area contributed by atoms with Crippen LogP contribution < -0.4 is 5.32 Å². The van der Waals surface area contributed by atoms with Gasteiger partial charge in [-0.25, -0.2) is 13.4 Å². The fourth-order valence-electron chi connectivity index (χ4n) is 2.63. The second-order valence-corrected chi connectivity index (χ2v) is 8.30. The lowest BCUT2D eigenvalue weighted by molar-refractivity contribution is 0.0770. The Hall–Kier alpha value is -2.48. The van der Waals surface area contributed by atoms with Crippen LogP contribution in [0.2, 0.25) is 0 Å². The van der Waals surface area contributed by atoms with Gasteiger partial charge in [0.2, 0.25) is 0 Å². The van der Waals surface area contributed by atoms with Crippen molar-refractivity contribution in [2.75, 3.05) is 29.9 Å². The van der Waals surface area contributed by atoms with Crippen molar-refractivity contribution >= 4 is 21.6 Å². The van der Waals surface area contributed by atoms with E-state index in [2.05, 4.69) is 15.3 Å². The minimum absolute atomic E-state index is 0.0115. The number of aromatic nitrogens is 2. The molecule has 1 amide bonds. The molecule has 1 atom stereocenters. The molecule has 2 aromatic rings. The quantitative estimate of drug-likeness (QED) is 0.889. The van der Waals surface area contributed by atoms with Gasteiger partial charge in [-0.1, -0.05) is 6.07 Å². The highest BCUT2D eigenvalue weighted by Crippen LogP contribution is 2.16. The summed E-state index contributed by atoms with van der Waals surface area (Å²) >= 11 is 0. The molecule has 0 saturated carbocycles. The summed E-state index contributed by atoms with van der Waals surface area (Å²) in [6.45, 7) is 2.45. The van der Waals surface area contributed by atoms with Crippen molar-refractivity contribution in [3.8, 4) is 0 Å². The van der Waals surface area contributed by atoms with Crippen molar-refractivity contribution in [2.24, 2.45) is 0 Å². The lowest BCUT2D eigenvalue weighted by Gasteiger charge is -2.26. The van der Waals surface area contributed by atoms with Gasteiger partial charge in [0.1, 0.15) is 5.82 Å². The van der Waals surface area contributed by atoms with Gasteiger partial charge in [0.05, 0.1) is 28.8 Å². The van der Waals surface area contributed by atoms with E-state index in [4.69, 9.17) is 0 Å². The molecule has 0 aromatic carbocycles.